The Morgan fingerprint density at radius 3 is 0.684 bits per heavy atom. The molecule has 0 spiro atoms. The number of carbonyl (C=O) groups excluding carboxylic acids is 1. The van der Waals surface area contributed by atoms with Gasteiger partial charge in [0.1, 0.15) is 5.78 Å². The Balaban J connectivity index is 3.04. The molecule has 0 aliphatic carbocycles. The lowest BCUT2D eigenvalue weighted by Crippen LogP contribution is -1.96. The van der Waals surface area contributed by atoms with Crippen LogP contribution in [0, 0.1) is 0 Å². The van der Waals surface area contributed by atoms with Gasteiger partial charge < -0.3 is 0 Å². The Hall–Kier alpha value is -0.330. The van der Waals surface area contributed by atoms with Crippen LogP contribution in [-0.2, 0) is 4.79 Å². The molecule has 0 saturated heterocycles. The summed E-state index contributed by atoms with van der Waals surface area (Å²) in [6.45, 7) is 4.40. The van der Waals surface area contributed by atoms with Crippen molar-refractivity contribution in [2.75, 3.05) is 0 Å². The first-order valence-electron chi connectivity index (χ1n) is 18.3. The highest BCUT2D eigenvalue weighted by Gasteiger charge is 2.00. The van der Waals surface area contributed by atoms with Gasteiger partial charge in [-0.3, -0.25) is 4.79 Å². The van der Waals surface area contributed by atoms with Crippen molar-refractivity contribution in [2.45, 2.75) is 232 Å². The van der Waals surface area contributed by atoms with Crippen molar-refractivity contribution >= 4 is 5.78 Å². The van der Waals surface area contributed by atoms with E-state index < -0.39 is 0 Å². The maximum Gasteiger partial charge on any atom is 0.132 e. The lowest BCUT2D eigenvalue weighted by molar-refractivity contribution is -0.119. The Morgan fingerprint density at radius 1 is 0.263 bits per heavy atom. The average Bonchev–Trinajstić information content (AvgIpc) is 2.92. The molecule has 228 valence electrons. The molecule has 0 unspecified atom stereocenters. The number of carbonyl (C=O) groups is 1. The fourth-order valence-electron chi connectivity index (χ4n) is 5.93. The standard InChI is InChI=1S/C37H74O/c1-3-5-6-7-8-9-10-11-12-13-14-15-16-17-18-19-20-21-22-23-24-25-26-27-28-29-30-31-32-33-34-36-37(38)35-4-2/h3-36H2,1-2H3. The maximum absolute atomic E-state index is 11.5. The summed E-state index contributed by atoms with van der Waals surface area (Å²) in [4.78, 5) is 11.5. The minimum atomic E-state index is 0.475. The van der Waals surface area contributed by atoms with Crippen LogP contribution < -0.4 is 0 Å². The third-order valence-electron chi connectivity index (χ3n) is 8.59. The van der Waals surface area contributed by atoms with Crippen LogP contribution in [0.15, 0.2) is 0 Å². The van der Waals surface area contributed by atoms with Crippen LogP contribution in [0.5, 0.6) is 0 Å². The average molecular weight is 535 g/mol. The van der Waals surface area contributed by atoms with Crippen molar-refractivity contribution in [3.05, 3.63) is 0 Å². The van der Waals surface area contributed by atoms with Gasteiger partial charge in [-0.05, 0) is 12.8 Å². The van der Waals surface area contributed by atoms with Crippen LogP contribution in [-0.4, -0.2) is 5.78 Å². The molecule has 0 radical (unpaired) electrons. The molecule has 0 heterocycles. The van der Waals surface area contributed by atoms with E-state index in [1.807, 2.05) is 0 Å². The summed E-state index contributed by atoms with van der Waals surface area (Å²) in [5.74, 6) is 0.475. The Kier molecular flexibility index (Phi) is 34.4. The third kappa shape index (κ3) is 33.7. The summed E-state index contributed by atoms with van der Waals surface area (Å²) < 4.78 is 0. The number of unbranched alkanes of at least 4 members (excludes halogenated alkanes) is 30. The molecule has 0 N–H and O–H groups in total. The molecule has 1 nitrogen and oxygen atoms in total. The fourth-order valence-corrected chi connectivity index (χ4v) is 5.93. The van der Waals surface area contributed by atoms with Crippen LogP contribution >= 0.6 is 0 Å². The summed E-state index contributed by atoms with van der Waals surface area (Å²) in [7, 11) is 0. The summed E-state index contributed by atoms with van der Waals surface area (Å²) in [6, 6.07) is 0. The predicted molar refractivity (Wildman–Crippen MR) is 173 cm³/mol. The van der Waals surface area contributed by atoms with Crippen LogP contribution in [0.2, 0.25) is 0 Å². The van der Waals surface area contributed by atoms with Gasteiger partial charge in [-0.1, -0.05) is 206 Å². The molecule has 0 aromatic heterocycles. The lowest BCUT2D eigenvalue weighted by atomic mass is 10.0. The largest absolute Gasteiger partial charge is 0.300 e. The normalized spacial score (nSPS) is 11.4. The fraction of sp³-hybridized carbons (Fsp3) is 0.973. The molecule has 1 heteroatoms. The highest BCUT2D eigenvalue weighted by molar-refractivity contribution is 5.78. The Labute approximate surface area is 242 Å². The number of hydrogen-bond donors (Lipinski definition) is 0. The van der Waals surface area contributed by atoms with Crippen LogP contribution in [0.4, 0.5) is 0 Å². The molecule has 0 atom stereocenters. The van der Waals surface area contributed by atoms with Gasteiger partial charge in [-0.2, -0.15) is 0 Å². The molecule has 0 rings (SSSR count). The van der Waals surface area contributed by atoms with Gasteiger partial charge in [0.2, 0.25) is 0 Å². The minimum Gasteiger partial charge on any atom is -0.300 e. The van der Waals surface area contributed by atoms with Crippen molar-refractivity contribution in [3.8, 4) is 0 Å². The summed E-state index contributed by atoms with van der Waals surface area (Å²) >= 11 is 0. The van der Waals surface area contributed by atoms with Gasteiger partial charge in [0, 0.05) is 12.8 Å². The van der Waals surface area contributed by atoms with Crippen molar-refractivity contribution in [1.29, 1.82) is 0 Å². The second-order valence-electron chi connectivity index (χ2n) is 12.6. The molecule has 0 saturated carbocycles. The molecule has 0 aliphatic rings. The first kappa shape index (κ1) is 37.7. The van der Waals surface area contributed by atoms with E-state index in [1.165, 1.54) is 193 Å². The Bertz CT molecular complexity index is 428. The highest BCUT2D eigenvalue weighted by Crippen LogP contribution is 2.17. The van der Waals surface area contributed by atoms with Crippen LogP contribution in [0.3, 0.4) is 0 Å². The van der Waals surface area contributed by atoms with Crippen molar-refractivity contribution in [3.63, 3.8) is 0 Å². The smallest absolute Gasteiger partial charge is 0.132 e. The van der Waals surface area contributed by atoms with Gasteiger partial charge in [-0.15, -0.1) is 0 Å². The van der Waals surface area contributed by atoms with Gasteiger partial charge in [-0.25, -0.2) is 0 Å². The summed E-state index contributed by atoms with van der Waals surface area (Å²) in [5, 5.41) is 0. The zero-order valence-corrected chi connectivity index (χ0v) is 26.9. The van der Waals surface area contributed by atoms with Crippen molar-refractivity contribution in [2.24, 2.45) is 0 Å². The second kappa shape index (κ2) is 34.7. The topological polar surface area (TPSA) is 17.1 Å². The second-order valence-corrected chi connectivity index (χ2v) is 12.6. The molecular formula is C37H74O. The zero-order chi connectivity index (χ0) is 27.6. The van der Waals surface area contributed by atoms with Crippen molar-refractivity contribution < 1.29 is 4.79 Å². The molecule has 38 heavy (non-hydrogen) atoms. The monoisotopic (exact) mass is 535 g/mol. The third-order valence-corrected chi connectivity index (χ3v) is 8.59. The van der Waals surface area contributed by atoms with E-state index in [0.29, 0.717) is 5.78 Å². The van der Waals surface area contributed by atoms with E-state index in [0.717, 1.165) is 25.7 Å². The zero-order valence-electron chi connectivity index (χ0n) is 26.9. The maximum atomic E-state index is 11.5. The first-order chi connectivity index (χ1) is 18.8. The van der Waals surface area contributed by atoms with Gasteiger partial charge in [0.05, 0.1) is 0 Å². The molecular weight excluding hydrogens is 460 g/mol. The highest BCUT2D eigenvalue weighted by atomic mass is 16.1. The van der Waals surface area contributed by atoms with Crippen LogP contribution in [0.1, 0.15) is 232 Å². The number of ketones is 1. The Morgan fingerprint density at radius 2 is 0.474 bits per heavy atom. The molecule has 0 amide bonds. The van der Waals surface area contributed by atoms with E-state index in [1.54, 1.807) is 0 Å². The summed E-state index contributed by atoms with van der Waals surface area (Å²) in [6.07, 6.45) is 47.3. The van der Waals surface area contributed by atoms with Gasteiger partial charge in [0.15, 0.2) is 0 Å². The number of hydrogen-bond acceptors (Lipinski definition) is 1. The van der Waals surface area contributed by atoms with Crippen molar-refractivity contribution in [1.82, 2.24) is 0 Å². The van der Waals surface area contributed by atoms with E-state index in [4.69, 9.17) is 0 Å². The summed E-state index contributed by atoms with van der Waals surface area (Å²) in [5.41, 5.74) is 0. The number of Topliss-reactive ketones (excluding diaryl/α,β-unsaturated/α-hetero) is 1. The SMILES string of the molecule is CCCCCCCCCCCCCCCCCCCCCCCCCCCCCCCCCC(=O)CCC. The molecule has 0 aromatic rings. The first-order valence-corrected chi connectivity index (χ1v) is 18.3. The van der Waals surface area contributed by atoms with Crippen LogP contribution in [0.25, 0.3) is 0 Å². The van der Waals surface area contributed by atoms with E-state index >= 15 is 0 Å². The van der Waals surface area contributed by atoms with Gasteiger partial charge >= 0.3 is 0 Å². The van der Waals surface area contributed by atoms with E-state index in [2.05, 4.69) is 13.8 Å². The van der Waals surface area contributed by atoms with Gasteiger partial charge in [0.25, 0.3) is 0 Å². The van der Waals surface area contributed by atoms with E-state index in [9.17, 15) is 4.79 Å². The minimum absolute atomic E-state index is 0.475. The quantitative estimate of drug-likeness (QED) is 0.0750. The van der Waals surface area contributed by atoms with E-state index in [-0.39, 0.29) is 0 Å². The number of rotatable bonds is 34. The predicted octanol–water partition coefficient (Wildman–Crippen LogP) is 13.9. The molecule has 0 fully saturated rings. The molecule has 0 bridgehead atoms. The lowest BCUT2D eigenvalue weighted by Gasteiger charge is -2.05. The molecule has 0 aromatic carbocycles. The molecule has 0 aliphatic heterocycles.